The summed E-state index contributed by atoms with van der Waals surface area (Å²) in [5.41, 5.74) is 1.68. The van der Waals surface area contributed by atoms with Crippen LogP contribution in [0.1, 0.15) is 46.0 Å². The first-order chi connectivity index (χ1) is 29.7. The summed E-state index contributed by atoms with van der Waals surface area (Å²) in [6.07, 6.45) is -3.90. The fourth-order valence-electron chi connectivity index (χ4n) is 6.90. The van der Waals surface area contributed by atoms with Gasteiger partial charge in [-0.15, -0.1) is 0 Å². The number of nitrogens with zero attached hydrogens (tertiary/aromatic N) is 10. The van der Waals surface area contributed by atoms with Crippen LogP contribution >= 0.6 is 7.75 Å². The van der Waals surface area contributed by atoms with Crippen molar-refractivity contribution in [1.82, 2.24) is 44.1 Å². The third-order valence-electron chi connectivity index (χ3n) is 9.86. The molecule has 2 aromatic carbocycles. The molecule has 6 heterocycles. The van der Waals surface area contributed by atoms with E-state index in [0.717, 1.165) is 0 Å². The number of aliphatic imine (C=N–C) groups is 1. The molecule has 2 fully saturated rings. The molecule has 0 bridgehead atoms. The molecule has 1 unspecified atom stereocenters. The summed E-state index contributed by atoms with van der Waals surface area (Å²) in [7, 11) is -4.36. The van der Waals surface area contributed by atoms with Crippen molar-refractivity contribution in [3.8, 4) is 6.07 Å². The third-order valence-corrected chi connectivity index (χ3v) is 11.5. The molecule has 61 heavy (non-hydrogen) atoms. The van der Waals surface area contributed by atoms with E-state index in [0.29, 0.717) is 16.8 Å². The van der Waals surface area contributed by atoms with Gasteiger partial charge in [0.2, 0.25) is 0 Å². The van der Waals surface area contributed by atoms with Crippen molar-refractivity contribution < 1.29 is 42.2 Å². The van der Waals surface area contributed by atoms with Crippen molar-refractivity contribution >= 4 is 60.2 Å². The number of hydrogen-bond donors (Lipinski definition) is 4. The first-order valence-corrected chi connectivity index (χ1v) is 20.4. The van der Waals surface area contributed by atoms with Gasteiger partial charge in [0, 0.05) is 24.1 Å². The van der Waals surface area contributed by atoms with Crippen molar-refractivity contribution in [3.05, 3.63) is 97.1 Å². The molecule has 8 atom stereocenters. The summed E-state index contributed by atoms with van der Waals surface area (Å²) in [6.45, 7) is 2.87. The minimum atomic E-state index is -4.36. The highest BCUT2D eigenvalue weighted by atomic mass is 31.2. The second-order valence-electron chi connectivity index (χ2n) is 13.7. The number of carbonyl (C=O) groups is 2. The van der Waals surface area contributed by atoms with Crippen LogP contribution < -0.4 is 15.7 Å². The van der Waals surface area contributed by atoms with Gasteiger partial charge in [0.25, 0.3) is 11.8 Å². The van der Waals surface area contributed by atoms with Crippen LogP contribution in [-0.2, 0) is 23.1 Å². The lowest BCUT2D eigenvalue weighted by Crippen LogP contribution is -2.37. The van der Waals surface area contributed by atoms with E-state index < -0.39 is 69.1 Å². The number of aliphatic hydroxyl groups excluding tert-OH is 1. The van der Waals surface area contributed by atoms with E-state index >= 15 is 4.39 Å². The van der Waals surface area contributed by atoms with Gasteiger partial charge in [-0.2, -0.15) is 5.26 Å². The minimum absolute atomic E-state index is 0.0229. The number of nitriles is 1. The van der Waals surface area contributed by atoms with Gasteiger partial charge in [0.15, 0.2) is 46.4 Å². The molecular formula is C38H37FN13O8P. The number of amides is 2. The van der Waals surface area contributed by atoms with Crippen molar-refractivity contribution in [2.24, 2.45) is 4.99 Å². The summed E-state index contributed by atoms with van der Waals surface area (Å²) in [4.78, 5) is 55.3. The highest BCUT2D eigenvalue weighted by Gasteiger charge is 2.48. The maximum Gasteiger partial charge on any atom is 0.405 e. The standard InChI is InChI=1S/C38H37FN13O8P/c1-41-16-25-24(15-27(58-25)51-20-46-29-32(42-18-44-34(29)51)49-36(54)22-9-4-2-5-10-22)60-61(56,57-14-8-13-40)48-17-26-31(53)28(39)38(59-26)52-21-47-30-33(43-19-45-35(30)52)50-37(55)23-11-6-3-7-12-23/h2-7,9-12,18-21,24-28,31,38,53H,1,8,14-17H2,(H,48,56)(H,42,44,49,54)(H,43,45,50,55)/t24-,25+,26+,27+,28+,31+,38+,61?/m0/s1. The molecule has 4 aromatic heterocycles. The minimum Gasteiger partial charge on any atom is -0.387 e. The number of anilines is 2. The first-order valence-electron chi connectivity index (χ1n) is 18.8. The molecule has 2 saturated heterocycles. The van der Waals surface area contributed by atoms with E-state index in [2.05, 4.69) is 57.3 Å². The Morgan fingerprint density at radius 1 is 0.902 bits per heavy atom. The second kappa shape index (κ2) is 18.0. The fraction of sp³-hybridized carbons (Fsp3) is 0.316. The number of aromatic nitrogens is 8. The number of hydrogen-bond acceptors (Lipinski definition) is 16. The van der Waals surface area contributed by atoms with Gasteiger partial charge in [-0.3, -0.25) is 32.8 Å². The van der Waals surface area contributed by atoms with Crippen LogP contribution in [-0.4, -0.2) is 113 Å². The molecule has 2 aliphatic rings. The molecule has 0 radical (unpaired) electrons. The van der Waals surface area contributed by atoms with Crippen molar-refractivity contribution in [2.75, 3.05) is 30.3 Å². The normalized spacial score (nSPS) is 23.4. The number of nitrogens with one attached hydrogen (secondary N) is 3. The Morgan fingerprint density at radius 2 is 1.49 bits per heavy atom. The zero-order chi connectivity index (χ0) is 42.5. The van der Waals surface area contributed by atoms with E-state index in [4.69, 9.17) is 18.5 Å². The number of carbonyl (C=O) groups excluding carboxylic acids is 2. The predicted molar refractivity (Wildman–Crippen MR) is 214 cm³/mol. The van der Waals surface area contributed by atoms with Crippen LogP contribution in [0, 0.1) is 11.3 Å². The van der Waals surface area contributed by atoms with Gasteiger partial charge in [-0.25, -0.2) is 43.9 Å². The Labute approximate surface area is 345 Å². The quantitative estimate of drug-likeness (QED) is 0.0613. The molecule has 0 saturated carbocycles. The maximum absolute atomic E-state index is 15.8. The van der Waals surface area contributed by atoms with Gasteiger partial charge in [0.05, 0.1) is 38.3 Å². The van der Waals surface area contributed by atoms with Crippen LogP contribution in [0.4, 0.5) is 16.0 Å². The highest BCUT2D eigenvalue weighted by molar-refractivity contribution is 7.51. The largest absolute Gasteiger partial charge is 0.405 e. The topological polar surface area (TPSA) is 268 Å². The van der Waals surface area contributed by atoms with Crippen LogP contribution in [0.25, 0.3) is 22.3 Å². The molecule has 2 amide bonds. The predicted octanol–water partition coefficient (Wildman–Crippen LogP) is 3.77. The second-order valence-corrected chi connectivity index (χ2v) is 15.5. The van der Waals surface area contributed by atoms with E-state index in [-0.39, 0.29) is 54.3 Å². The average Bonchev–Trinajstić information content (AvgIpc) is 4.07. The Bertz CT molecular complexity index is 2630. The number of fused-ring (bicyclic) bond motifs is 2. The van der Waals surface area contributed by atoms with Crippen molar-refractivity contribution in [1.29, 1.82) is 5.26 Å². The average molecular weight is 854 g/mol. The molecule has 2 aliphatic heterocycles. The van der Waals surface area contributed by atoms with Crippen LogP contribution in [0.3, 0.4) is 0 Å². The maximum atomic E-state index is 15.8. The Morgan fingerprint density at radius 3 is 2.08 bits per heavy atom. The van der Waals surface area contributed by atoms with Gasteiger partial charge in [-0.05, 0) is 31.0 Å². The van der Waals surface area contributed by atoms with E-state index in [1.165, 1.54) is 29.9 Å². The summed E-state index contributed by atoms with van der Waals surface area (Å²) < 4.78 is 57.1. The van der Waals surface area contributed by atoms with E-state index in [9.17, 15) is 24.5 Å². The van der Waals surface area contributed by atoms with Crippen LogP contribution in [0.15, 0.2) is 91.0 Å². The lowest BCUT2D eigenvalue weighted by Gasteiger charge is -2.26. The van der Waals surface area contributed by atoms with E-state index in [1.807, 2.05) is 6.07 Å². The Balaban J connectivity index is 0.965. The van der Waals surface area contributed by atoms with Crippen molar-refractivity contribution in [2.45, 2.75) is 55.9 Å². The van der Waals surface area contributed by atoms with Gasteiger partial charge in [0.1, 0.15) is 43.3 Å². The molecule has 4 N–H and O–H groups in total. The molecule has 0 spiro atoms. The van der Waals surface area contributed by atoms with Gasteiger partial charge in [-0.1, -0.05) is 36.4 Å². The fourth-order valence-corrected chi connectivity index (χ4v) is 8.44. The number of halogens is 1. The Hall–Kier alpha value is -6.44. The first kappa shape index (κ1) is 41.3. The number of aliphatic hydroxyl groups is 1. The monoisotopic (exact) mass is 853 g/mol. The lowest BCUT2D eigenvalue weighted by molar-refractivity contribution is -0.0219. The lowest BCUT2D eigenvalue weighted by atomic mass is 10.1. The van der Waals surface area contributed by atoms with Crippen LogP contribution in [0.2, 0.25) is 0 Å². The smallest absolute Gasteiger partial charge is 0.387 e. The molecule has 23 heteroatoms. The van der Waals surface area contributed by atoms with Crippen molar-refractivity contribution in [3.63, 3.8) is 0 Å². The van der Waals surface area contributed by atoms with Crippen LogP contribution in [0.5, 0.6) is 0 Å². The molecule has 0 aliphatic carbocycles. The molecule has 314 valence electrons. The van der Waals surface area contributed by atoms with E-state index in [1.54, 1.807) is 65.2 Å². The summed E-state index contributed by atoms with van der Waals surface area (Å²) in [5.74, 6) is -0.590. The molecule has 21 nitrogen and oxygen atoms in total. The number of rotatable bonds is 16. The Kier molecular flexibility index (Phi) is 12.2. The summed E-state index contributed by atoms with van der Waals surface area (Å²) in [6, 6.07) is 18.9. The van der Waals surface area contributed by atoms with Gasteiger partial charge >= 0.3 is 7.75 Å². The molecule has 8 rings (SSSR count). The number of benzene rings is 2. The SMILES string of the molecule is C=NC[C@H]1O[C@@H](n2cnc3c(NC(=O)c4ccccc4)ncnc32)C[C@@H]1OP(=O)(NC[C@H]1O[C@@H](n2cnc3c(NC(=O)c4ccccc4)ncnc32)[C@H](F)[C@@H]1O)OCCC#N. The number of imidazole rings is 2. The zero-order valence-electron chi connectivity index (χ0n) is 32.0. The summed E-state index contributed by atoms with van der Waals surface area (Å²) in [5, 5.41) is 28.3. The molecule has 6 aromatic rings. The number of ether oxygens (including phenoxy) is 2. The van der Waals surface area contributed by atoms with Gasteiger partial charge < -0.3 is 25.2 Å². The number of alkyl halides is 1. The molecular weight excluding hydrogens is 816 g/mol. The third kappa shape index (κ3) is 8.75. The zero-order valence-corrected chi connectivity index (χ0v) is 32.9. The summed E-state index contributed by atoms with van der Waals surface area (Å²) >= 11 is 0. The highest BCUT2D eigenvalue weighted by Crippen LogP contribution is 2.49.